The molecule has 3 rings (SSSR count). The molecule has 1 heterocycles. The van der Waals surface area contributed by atoms with Gasteiger partial charge >= 0.3 is 0 Å². The number of likely N-dealkylation sites (N-methyl/N-ethyl adjacent to an activating group) is 1. The first kappa shape index (κ1) is 21.6. The van der Waals surface area contributed by atoms with Gasteiger partial charge in [0.15, 0.2) is 12.1 Å². The maximum absolute atomic E-state index is 12.8. The van der Waals surface area contributed by atoms with Crippen molar-refractivity contribution in [1.82, 2.24) is 15.3 Å². The summed E-state index contributed by atoms with van der Waals surface area (Å²) in [6.07, 6.45) is -0.458. The van der Waals surface area contributed by atoms with Gasteiger partial charge in [0.25, 0.3) is 5.91 Å². The number of nitrogens with one attached hydrogen (secondary N) is 3. The largest absolute Gasteiger partial charge is 0.494 e. The summed E-state index contributed by atoms with van der Waals surface area (Å²) in [5.41, 5.74) is 9.50. The molecule has 0 saturated heterocycles. The third-order valence-electron chi connectivity index (χ3n) is 4.91. The average molecular weight is 412 g/mol. The number of amides is 1. The molecule has 0 aliphatic carbocycles. The number of anilines is 2. The summed E-state index contributed by atoms with van der Waals surface area (Å²) in [5.74, 6) is 0.571. The standard InChI is InChI=1S/C22H29N5O3/c1-4-13-7-8-14(11-18(13)30-6-3)19(24-5-2)20(28)21(29)25-15-9-10-16-17(12-15)27-22(23)26-16/h7-12,19-20,24,28H,4-6H2,1-3H3,(H,25,29)(H3,23,26,27). The highest BCUT2D eigenvalue weighted by Gasteiger charge is 2.28. The number of carbonyl (C=O) groups is 1. The average Bonchev–Trinajstić information content (AvgIpc) is 3.11. The SMILES string of the molecule is CCNC(c1ccc(CC)c(OCC)c1)C(O)C(=O)Nc1ccc2nc(N)[nH]c2c1. The Bertz CT molecular complexity index is 1020. The van der Waals surface area contributed by atoms with Gasteiger partial charge in [-0.15, -0.1) is 0 Å². The van der Waals surface area contributed by atoms with E-state index in [1.807, 2.05) is 32.0 Å². The van der Waals surface area contributed by atoms with E-state index in [2.05, 4.69) is 27.5 Å². The number of hydrogen-bond acceptors (Lipinski definition) is 6. The fourth-order valence-electron chi connectivity index (χ4n) is 3.45. The fraction of sp³-hybridized carbons (Fsp3) is 0.364. The molecule has 30 heavy (non-hydrogen) atoms. The van der Waals surface area contributed by atoms with E-state index in [0.29, 0.717) is 35.8 Å². The van der Waals surface area contributed by atoms with E-state index in [4.69, 9.17) is 10.5 Å². The maximum atomic E-state index is 12.8. The van der Waals surface area contributed by atoms with Crippen molar-refractivity contribution >= 4 is 28.6 Å². The van der Waals surface area contributed by atoms with Gasteiger partial charge in [0.1, 0.15) is 5.75 Å². The third-order valence-corrected chi connectivity index (χ3v) is 4.91. The zero-order valence-corrected chi connectivity index (χ0v) is 17.5. The summed E-state index contributed by atoms with van der Waals surface area (Å²) in [7, 11) is 0. The number of benzene rings is 2. The molecule has 0 fully saturated rings. The minimum Gasteiger partial charge on any atom is -0.494 e. The van der Waals surface area contributed by atoms with E-state index in [1.54, 1.807) is 18.2 Å². The Morgan fingerprint density at radius 1 is 1.23 bits per heavy atom. The van der Waals surface area contributed by atoms with Crippen LogP contribution in [0.3, 0.4) is 0 Å². The summed E-state index contributed by atoms with van der Waals surface area (Å²) < 4.78 is 5.75. The molecule has 0 aliphatic heterocycles. The van der Waals surface area contributed by atoms with Crippen molar-refractivity contribution in [2.45, 2.75) is 39.3 Å². The Balaban J connectivity index is 1.82. The number of nitrogen functional groups attached to an aromatic ring is 1. The first-order valence-electron chi connectivity index (χ1n) is 10.2. The molecule has 160 valence electrons. The fourth-order valence-corrected chi connectivity index (χ4v) is 3.45. The summed E-state index contributed by atoms with van der Waals surface area (Å²) in [6.45, 7) is 7.06. The van der Waals surface area contributed by atoms with Gasteiger partial charge in [-0.2, -0.15) is 0 Å². The number of nitrogens with zero attached hydrogens (tertiary/aromatic N) is 1. The number of ether oxygens (including phenoxy) is 1. The minimum atomic E-state index is -1.30. The molecule has 2 unspecified atom stereocenters. The molecule has 1 aromatic heterocycles. The molecule has 8 heteroatoms. The van der Waals surface area contributed by atoms with Gasteiger partial charge in [-0.05, 0) is 55.3 Å². The van der Waals surface area contributed by atoms with Crippen molar-refractivity contribution in [2.75, 3.05) is 24.2 Å². The number of carbonyl (C=O) groups excluding carboxylic acids is 1. The van der Waals surface area contributed by atoms with Crippen LogP contribution in [0.15, 0.2) is 36.4 Å². The Labute approximate surface area is 175 Å². The topological polar surface area (TPSA) is 125 Å². The molecule has 1 amide bonds. The first-order chi connectivity index (χ1) is 14.5. The molecule has 0 spiro atoms. The number of aromatic nitrogens is 2. The molecule has 0 saturated carbocycles. The van der Waals surface area contributed by atoms with Crippen LogP contribution in [-0.4, -0.2) is 40.2 Å². The zero-order valence-electron chi connectivity index (χ0n) is 17.5. The summed E-state index contributed by atoms with van der Waals surface area (Å²) in [6, 6.07) is 10.4. The van der Waals surface area contributed by atoms with E-state index >= 15 is 0 Å². The van der Waals surface area contributed by atoms with Crippen molar-refractivity contribution in [3.8, 4) is 5.75 Å². The summed E-state index contributed by atoms with van der Waals surface area (Å²) in [5, 5.41) is 16.8. The maximum Gasteiger partial charge on any atom is 0.255 e. The number of rotatable bonds is 9. The molecule has 0 bridgehead atoms. The van der Waals surface area contributed by atoms with Crippen LogP contribution >= 0.6 is 0 Å². The molecule has 3 aromatic rings. The van der Waals surface area contributed by atoms with Crippen molar-refractivity contribution in [3.63, 3.8) is 0 Å². The number of aliphatic hydroxyl groups is 1. The van der Waals surface area contributed by atoms with E-state index in [-0.39, 0.29) is 0 Å². The van der Waals surface area contributed by atoms with Crippen LogP contribution in [0.2, 0.25) is 0 Å². The molecule has 2 atom stereocenters. The lowest BCUT2D eigenvalue weighted by Gasteiger charge is -2.24. The second-order valence-corrected chi connectivity index (χ2v) is 6.98. The molecular formula is C22H29N5O3. The van der Waals surface area contributed by atoms with E-state index in [0.717, 1.165) is 23.3 Å². The molecular weight excluding hydrogens is 382 g/mol. The molecule has 0 aliphatic rings. The molecule has 2 aromatic carbocycles. The van der Waals surface area contributed by atoms with Crippen molar-refractivity contribution in [1.29, 1.82) is 0 Å². The highest BCUT2D eigenvalue weighted by Crippen LogP contribution is 2.27. The van der Waals surface area contributed by atoms with Crippen LogP contribution in [0.1, 0.15) is 37.9 Å². The van der Waals surface area contributed by atoms with Crippen LogP contribution in [-0.2, 0) is 11.2 Å². The number of aromatic amines is 1. The third kappa shape index (κ3) is 4.72. The van der Waals surface area contributed by atoms with Gasteiger partial charge in [-0.25, -0.2) is 4.98 Å². The number of H-pyrrole nitrogens is 1. The predicted octanol–water partition coefficient (Wildman–Crippen LogP) is 2.76. The normalized spacial score (nSPS) is 13.2. The smallest absolute Gasteiger partial charge is 0.255 e. The first-order valence-corrected chi connectivity index (χ1v) is 10.2. The summed E-state index contributed by atoms with van der Waals surface area (Å²) >= 11 is 0. The van der Waals surface area contributed by atoms with E-state index in [9.17, 15) is 9.90 Å². The number of aryl methyl sites for hydroxylation is 1. The molecule has 0 radical (unpaired) electrons. The number of hydrogen-bond donors (Lipinski definition) is 5. The number of nitrogens with two attached hydrogens (primary N) is 1. The van der Waals surface area contributed by atoms with Gasteiger partial charge in [0.2, 0.25) is 0 Å². The van der Waals surface area contributed by atoms with Gasteiger partial charge in [-0.1, -0.05) is 26.0 Å². The Kier molecular flexibility index (Phi) is 6.91. The lowest BCUT2D eigenvalue weighted by Crippen LogP contribution is -2.40. The highest BCUT2D eigenvalue weighted by molar-refractivity contribution is 5.96. The van der Waals surface area contributed by atoms with Crippen LogP contribution < -0.4 is 21.1 Å². The van der Waals surface area contributed by atoms with Crippen LogP contribution in [0.4, 0.5) is 11.6 Å². The van der Waals surface area contributed by atoms with Gasteiger partial charge in [-0.3, -0.25) is 4.79 Å². The molecule has 6 N–H and O–H groups in total. The van der Waals surface area contributed by atoms with Crippen molar-refractivity contribution in [3.05, 3.63) is 47.5 Å². The zero-order chi connectivity index (χ0) is 21.7. The lowest BCUT2D eigenvalue weighted by atomic mass is 9.98. The van der Waals surface area contributed by atoms with Crippen molar-refractivity contribution in [2.24, 2.45) is 0 Å². The van der Waals surface area contributed by atoms with Gasteiger partial charge in [0.05, 0.1) is 23.7 Å². The number of imidazole rings is 1. The Hall–Kier alpha value is -3.10. The Morgan fingerprint density at radius 3 is 2.73 bits per heavy atom. The van der Waals surface area contributed by atoms with Crippen LogP contribution in [0, 0.1) is 0 Å². The van der Waals surface area contributed by atoms with Gasteiger partial charge in [0, 0.05) is 5.69 Å². The second kappa shape index (κ2) is 9.60. The molecule has 8 nitrogen and oxygen atoms in total. The lowest BCUT2D eigenvalue weighted by molar-refractivity contribution is -0.125. The predicted molar refractivity (Wildman–Crippen MR) is 119 cm³/mol. The monoisotopic (exact) mass is 411 g/mol. The van der Waals surface area contributed by atoms with Gasteiger partial charge < -0.3 is 31.2 Å². The van der Waals surface area contributed by atoms with E-state index < -0.39 is 18.1 Å². The number of aliphatic hydroxyl groups excluding tert-OH is 1. The second-order valence-electron chi connectivity index (χ2n) is 6.98. The summed E-state index contributed by atoms with van der Waals surface area (Å²) in [4.78, 5) is 19.9. The van der Waals surface area contributed by atoms with Crippen molar-refractivity contribution < 1.29 is 14.6 Å². The van der Waals surface area contributed by atoms with Crippen LogP contribution in [0.5, 0.6) is 5.75 Å². The quantitative estimate of drug-likeness (QED) is 0.369. The highest BCUT2D eigenvalue weighted by atomic mass is 16.5. The minimum absolute atomic E-state index is 0.307. The van der Waals surface area contributed by atoms with E-state index in [1.165, 1.54) is 0 Å². The Morgan fingerprint density at radius 2 is 2.03 bits per heavy atom. The number of fused-ring (bicyclic) bond motifs is 1. The van der Waals surface area contributed by atoms with Crippen LogP contribution in [0.25, 0.3) is 11.0 Å².